The molecule has 0 saturated carbocycles. The number of aromatic nitrogens is 1. The van der Waals surface area contributed by atoms with Gasteiger partial charge in [0, 0.05) is 36.2 Å². The number of anilines is 2. The van der Waals surface area contributed by atoms with Crippen LogP contribution in [0.2, 0.25) is 0 Å². The zero-order valence-corrected chi connectivity index (χ0v) is 23.4. The van der Waals surface area contributed by atoms with E-state index in [4.69, 9.17) is 0 Å². The summed E-state index contributed by atoms with van der Waals surface area (Å²) < 4.78 is 58.2. The number of rotatable bonds is 5. The van der Waals surface area contributed by atoms with Crippen LogP contribution in [0.4, 0.5) is 24.5 Å². The number of nitrogens with one attached hydrogen (secondary N) is 2. The van der Waals surface area contributed by atoms with Crippen LogP contribution in [0.3, 0.4) is 0 Å². The van der Waals surface area contributed by atoms with E-state index < -0.39 is 18.6 Å². The average Bonchev–Trinajstić information content (AvgIpc) is 3.13. The molecule has 5 nitrogen and oxygen atoms in total. The molecule has 1 fully saturated rings. The van der Waals surface area contributed by atoms with Crippen molar-refractivity contribution in [3.8, 4) is 11.8 Å². The minimum atomic E-state index is -2.91. The van der Waals surface area contributed by atoms with E-state index in [0.29, 0.717) is 41.9 Å². The molecule has 0 aliphatic carbocycles. The molecule has 0 radical (unpaired) electrons. The number of nitrogens with zero attached hydrogens (tertiary/aromatic N) is 2. The van der Waals surface area contributed by atoms with Crippen molar-refractivity contribution in [3.05, 3.63) is 53.7 Å². The summed E-state index contributed by atoms with van der Waals surface area (Å²) in [4.78, 5) is 1.97. The highest BCUT2D eigenvalue weighted by molar-refractivity contribution is 8.00. The second-order valence-electron chi connectivity index (χ2n) is 10.4. The minimum absolute atomic E-state index is 0.241. The molecule has 2 aromatic heterocycles. The molecule has 0 spiro atoms. The van der Waals surface area contributed by atoms with Gasteiger partial charge in [0.15, 0.2) is 0 Å². The van der Waals surface area contributed by atoms with Crippen LogP contribution in [0.1, 0.15) is 24.1 Å². The van der Waals surface area contributed by atoms with E-state index in [-0.39, 0.29) is 18.9 Å². The maximum atomic E-state index is 14.8. The molecule has 10 heteroatoms. The van der Waals surface area contributed by atoms with Crippen LogP contribution < -0.4 is 15.9 Å². The maximum absolute atomic E-state index is 14.8. The van der Waals surface area contributed by atoms with E-state index in [1.807, 2.05) is 58.8 Å². The highest BCUT2D eigenvalue weighted by atomic mass is 32.2. The Morgan fingerprint density at radius 1 is 1.18 bits per heavy atom. The van der Waals surface area contributed by atoms with E-state index in [1.54, 1.807) is 13.3 Å². The Morgan fingerprint density at radius 2 is 1.95 bits per heavy atom. The first-order valence-electron chi connectivity index (χ1n) is 12.7. The van der Waals surface area contributed by atoms with Gasteiger partial charge in [-0.3, -0.25) is 0 Å². The van der Waals surface area contributed by atoms with Gasteiger partial charge in [-0.1, -0.05) is 11.8 Å². The van der Waals surface area contributed by atoms with Gasteiger partial charge < -0.3 is 24.5 Å². The summed E-state index contributed by atoms with van der Waals surface area (Å²) in [6.07, 6.45) is -0.362. The summed E-state index contributed by atoms with van der Waals surface area (Å²) in [5.74, 6) is 6.15. The molecule has 0 unspecified atom stereocenters. The molecule has 0 amide bonds. The standard InChI is InChI=1S/C28H32F3N4OPS/c1-34-16-13-24(23(29)18-34)33-25-11-8-21-12-14-28(30,31)38-27-19(17-26(25)35(21)27)5-4-15-32-20-6-9-22(10-7-20)37(2,3)36/h6-11,17,23-24,32-33H,12-16,18H2,1-3H3/t23-,24+/m0/s1. The fourth-order valence-corrected chi connectivity index (χ4v) is 6.81. The third-order valence-electron chi connectivity index (χ3n) is 7.06. The van der Waals surface area contributed by atoms with E-state index in [2.05, 4.69) is 22.5 Å². The van der Waals surface area contributed by atoms with E-state index >= 15 is 0 Å². The van der Waals surface area contributed by atoms with E-state index in [9.17, 15) is 17.7 Å². The van der Waals surface area contributed by atoms with Crippen LogP contribution in [0.15, 0.2) is 47.5 Å². The molecule has 3 aromatic rings. The van der Waals surface area contributed by atoms with Crippen molar-refractivity contribution in [2.24, 2.45) is 0 Å². The fraction of sp³-hybridized carbons (Fsp3) is 0.429. The molecule has 2 N–H and O–H groups in total. The molecule has 0 bridgehead atoms. The first-order chi connectivity index (χ1) is 18.0. The summed E-state index contributed by atoms with van der Waals surface area (Å²) in [5.41, 5.74) is 3.63. The lowest BCUT2D eigenvalue weighted by Gasteiger charge is -2.33. The van der Waals surface area contributed by atoms with Crippen molar-refractivity contribution in [2.75, 3.05) is 50.6 Å². The van der Waals surface area contributed by atoms with Gasteiger partial charge in [-0.05, 0) is 87.4 Å². The molecule has 4 heterocycles. The SMILES string of the molecule is CN1CC[C@@H](Nc2ccc3n4c(c(C#CCNc5ccc(P(C)(C)=O)cc5)cc24)SC(F)(F)CC3)[C@@H](F)C1. The monoisotopic (exact) mass is 560 g/mol. The Balaban J connectivity index is 1.42. The second kappa shape index (κ2) is 10.6. The lowest BCUT2D eigenvalue weighted by molar-refractivity contribution is 0.0966. The number of thioether (sulfide) groups is 1. The molecule has 1 saturated heterocycles. The molecule has 202 valence electrons. The molecule has 2 aliphatic heterocycles. The third kappa shape index (κ3) is 5.88. The van der Waals surface area contributed by atoms with Crippen molar-refractivity contribution >= 4 is 41.1 Å². The van der Waals surface area contributed by atoms with Crippen molar-refractivity contribution in [1.29, 1.82) is 0 Å². The summed E-state index contributed by atoms with van der Waals surface area (Å²) in [6, 6.07) is 12.6. The molecule has 2 atom stereocenters. The number of hydrogen-bond donors (Lipinski definition) is 2. The molecule has 38 heavy (non-hydrogen) atoms. The number of piperidine rings is 1. The van der Waals surface area contributed by atoms with Gasteiger partial charge in [0.1, 0.15) is 18.3 Å². The number of halogens is 3. The summed E-state index contributed by atoms with van der Waals surface area (Å²) in [5, 5.41) is 4.88. The van der Waals surface area contributed by atoms with Crippen LogP contribution in [-0.2, 0) is 11.0 Å². The predicted octanol–water partition coefficient (Wildman–Crippen LogP) is 5.74. The third-order valence-corrected chi connectivity index (χ3v) is 9.70. The van der Waals surface area contributed by atoms with Gasteiger partial charge in [0.25, 0.3) is 5.25 Å². The Morgan fingerprint density at radius 3 is 2.66 bits per heavy atom. The summed E-state index contributed by atoms with van der Waals surface area (Å²) in [6.45, 7) is 4.94. The quantitative estimate of drug-likeness (QED) is 0.308. The average molecular weight is 561 g/mol. The number of alkyl halides is 3. The number of pyridine rings is 1. The molecular formula is C28H32F3N4OPS. The first kappa shape index (κ1) is 27.1. The van der Waals surface area contributed by atoms with Crippen molar-refractivity contribution in [3.63, 3.8) is 0 Å². The topological polar surface area (TPSA) is 48.8 Å². The van der Waals surface area contributed by atoms with Crippen LogP contribution in [0.25, 0.3) is 5.52 Å². The van der Waals surface area contributed by atoms with Gasteiger partial charge in [0.2, 0.25) is 0 Å². The molecule has 2 aliphatic rings. The number of likely N-dealkylation sites (tertiary alicyclic amines) is 1. The van der Waals surface area contributed by atoms with Crippen LogP contribution in [0, 0.1) is 11.8 Å². The Kier molecular flexibility index (Phi) is 7.52. The predicted molar refractivity (Wildman–Crippen MR) is 152 cm³/mol. The maximum Gasteiger partial charge on any atom is 0.299 e. The lowest BCUT2D eigenvalue weighted by Crippen LogP contribution is -2.46. The van der Waals surface area contributed by atoms with Gasteiger partial charge in [0.05, 0.1) is 29.4 Å². The number of hydrogen-bond acceptors (Lipinski definition) is 5. The van der Waals surface area contributed by atoms with Gasteiger partial charge in [-0.25, -0.2) is 4.39 Å². The van der Waals surface area contributed by atoms with Gasteiger partial charge in [-0.15, -0.1) is 0 Å². The Bertz CT molecular complexity index is 1440. The lowest BCUT2D eigenvalue weighted by atomic mass is 10.0. The highest BCUT2D eigenvalue weighted by Crippen LogP contribution is 2.45. The van der Waals surface area contributed by atoms with E-state index in [1.165, 1.54) is 0 Å². The van der Waals surface area contributed by atoms with Crippen molar-refractivity contribution < 1.29 is 17.7 Å². The Labute approximate surface area is 225 Å². The summed E-state index contributed by atoms with van der Waals surface area (Å²) >= 11 is 0.546. The highest BCUT2D eigenvalue weighted by Gasteiger charge is 2.36. The van der Waals surface area contributed by atoms with Crippen molar-refractivity contribution in [2.45, 2.75) is 41.8 Å². The molecule has 5 rings (SSSR count). The second-order valence-corrected chi connectivity index (χ2v) is 14.8. The molecule has 1 aromatic carbocycles. The number of aryl methyl sites for hydroxylation is 1. The van der Waals surface area contributed by atoms with Crippen LogP contribution in [0.5, 0.6) is 0 Å². The van der Waals surface area contributed by atoms with Crippen molar-refractivity contribution in [1.82, 2.24) is 9.30 Å². The van der Waals surface area contributed by atoms with Crippen LogP contribution in [-0.4, -0.2) is 66.8 Å². The van der Waals surface area contributed by atoms with Gasteiger partial charge >= 0.3 is 0 Å². The van der Waals surface area contributed by atoms with E-state index in [0.717, 1.165) is 34.4 Å². The molecular weight excluding hydrogens is 528 g/mol. The zero-order chi connectivity index (χ0) is 27.1. The smallest absolute Gasteiger partial charge is 0.299 e. The minimum Gasteiger partial charge on any atom is -0.378 e. The largest absolute Gasteiger partial charge is 0.378 e. The normalized spacial score (nSPS) is 21.4. The van der Waals surface area contributed by atoms with Crippen LogP contribution >= 0.6 is 18.9 Å². The zero-order valence-electron chi connectivity index (χ0n) is 21.7. The first-order valence-corrected chi connectivity index (χ1v) is 16.1. The number of benzene rings is 1. The van der Waals surface area contributed by atoms with Gasteiger partial charge in [-0.2, -0.15) is 8.78 Å². The summed E-state index contributed by atoms with van der Waals surface area (Å²) in [7, 11) is -0.410. The Hall–Kier alpha value is -2.53. The fourth-order valence-electron chi connectivity index (χ4n) is 4.93.